The number of ether oxygens (including phenoxy) is 1. The first kappa shape index (κ1) is 17.7. The van der Waals surface area contributed by atoms with E-state index in [4.69, 9.17) is 4.74 Å². The Morgan fingerprint density at radius 2 is 1.75 bits per heavy atom. The summed E-state index contributed by atoms with van der Waals surface area (Å²) in [6.45, 7) is 6.88. The van der Waals surface area contributed by atoms with Crippen molar-refractivity contribution < 1.29 is 14.3 Å². The molecule has 6 nitrogen and oxygen atoms in total. The van der Waals surface area contributed by atoms with Crippen LogP contribution in [0.4, 0.5) is 0 Å². The van der Waals surface area contributed by atoms with Gasteiger partial charge in [-0.25, -0.2) is 0 Å². The zero-order valence-electron chi connectivity index (χ0n) is 15.3. The monoisotopic (exact) mass is 337 g/mol. The van der Waals surface area contributed by atoms with E-state index in [1.54, 1.807) is 14.0 Å². The summed E-state index contributed by atoms with van der Waals surface area (Å²) in [4.78, 5) is 31.1. The second kappa shape index (κ2) is 6.64. The summed E-state index contributed by atoms with van der Waals surface area (Å²) >= 11 is 0. The summed E-state index contributed by atoms with van der Waals surface area (Å²) < 4.78 is 5.17. The molecule has 24 heavy (non-hydrogen) atoms. The van der Waals surface area contributed by atoms with Crippen LogP contribution >= 0.6 is 0 Å². The number of likely N-dealkylation sites (tertiary alicyclic amines) is 3. The van der Waals surface area contributed by atoms with Gasteiger partial charge in [-0.15, -0.1) is 0 Å². The van der Waals surface area contributed by atoms with Crippen molar-refractivity contribution in [2.24, 2.45) is 5.41 Å². The number of piperidine rings is 2. The molecule has 6 heteroatoms. The Kier molecular flexibility index (Phi) is 4.89. The minimum Gasteiger partial charge on any atom is -0.383 e. The van der Waals surface area contributed by atoms with Gasteiger partial charge in [-0.05, 0) is 45.2 Å². The lowest BCUT2D eigenvalue weighted by molar-refractivity contribution is -0.139. The van der Waals surface area contributed by atoms with Gasteiger partial charge in [0.1, 0.15) is 0 Å². The number of hydrogen-bond acceptors (Lipinski definition) is 4. The summed E-state index contributed by atoms with van der Waals surface area (Å²) in [7, 11) is 3.72. The zero-order chi connectivity index (χ0) is 17.4. The lowest BCUT2D eigenvalue weighted by Gasteiger charge is -2.43. The second-order valence-corrected chi connectivity index (χ2v) is 7.89. The number of carbonyl (C=O) groups excluding carboxylic acids is 2. The van der Waals surface area contributed by atoms with Crippen LogP contribution in [0.1, 0.15) is 39.0 Å². The summed E-state index contributed by atoms with van der Waals surface area (Å²) in [5, 5.41) is 0. The van der Waals surface area contributed by atoms with E-state index in [1.165, 1.54) is 0 Å². The van der Waals surface area contributed by atoms with Crippen LogP contribution in [-0.2, 0) is 14.3 Å². The van der Waals surface area contributed by atoms with E-state index in [0.29, 0.717) is 5.91 Å². The Balaban J connectivity index is 1.66. The van der Waals surface area contributed by atoms with Crippen molar-refractivity contribution in [2.45, 2.75) is 44.6 Å². The summed E-state index contributed by atoms with van der Waals surface area (Å²) in [5.41, 5.74) is -0.200. The average Bonchev–Trinajstić information content (AvgIpc) is 2.77. The Hall–Kier alpha value is -1.14. The van der Waals surface area contributed by atoms with E-state index < -0.39 is 0 Å². The largest absolute Gasteiger partial charge is 0.383 e. The highest BCUT2D eigenvalue weighted by Crippen LogP contribution is 2.52. The van der Waals surface area contributed by atoms with Gasteiger partial charge in [0, 0.05) is 46.3 Å². The lowest BCUT2D eigenvalue weighted by atomic mass is 9.71. The fraction of sp³-hybridized carbons (Fsp3) is 0.889. The van der Waals surface area contributed by atoms with Crippen molar-refractivity contribution >= 4 is 11.8 Å². The predicted octanol–water partition coefficient (Wildman–Crippen LogP) is 0.958. The fourth-order valence-electron chi connectivity index (χ4n) is 4.96. The fourth-order valence-corrected chi connectivity index (χ4v) is 4.96. The second-order valence-electron chi connectivity index (χ2n) is 7.89. The topological polar surface area (TPSA) is 53.1 Å². The first-order chi connectivity index (χ1) is 11.4. The van der Waals surface area contributed by atoms with Crippen molar-refractivity contribution in [3.05, 3.63) is 0 Å². The van der Waals surface area contributed by atoms with Crippen molar-refractivity contribution in [2.75, 3.05) is 53.5 Å². The van der Waals surface area contributed by atoms with Gasteiger partial charge >= 0.3 is 0 Å². The molecule has 0 aromatic heterocycles. The molecule has 3 heterocycles. The van der Waals surface area contributed by atoms with E-state index in [1.807, 2.05) is 16.8 Å². The number of carbonyl (C=O) groups is 2. The molecule has 3 aliphatic heterocycles. The number of methoxy groups -OCH3 is 1. The van der Waals surface area contributed by atoms with Gasteiger partial charge in [0.05, 0.1) is 12.0 Å². The molecule has 3 rings (SSSR count). The number of rotatable bonds is 3. The Morgan fingerprint density at radius 1 is 1.12 bits per heavy atom. The maximum Gasteiger partial charge on any atom is 0.229 e. The molecule has 136 valence electrons. The molecule has 0 aliphatic carbocycles. The Morgan fingerprint density at radius 3 is 2.29 bits per heavy atom. The normalized spacial score (nSPS) is 26.5. The standard InChI is InChI=1S/C18H31N3O3/c1-15(22)21-10-6-18(7-11-21)14-17(16(23)19(18)2)4-8-20(9-5-17)12-13-24-3/h4-14H2,1-3H3. The van der Waals surface area contributed by atoms with E-state index >= 15 is 0 Å². The maximum absolute atomic E-state index is 13.1. The third-order valence-electron chi connectivity index (χ3n) is 6.70. The molecular formula is C18H31N3O3. The molecule has 0 saturated carbocycles. The van der Waals surface area contributed by atoms with Gasteiger partial charge in [0.2, 0.25) is 11.8 Å². The van der Waals surface area contributed by atoms with Gasteiger partial charge in [-0.2, -0.15) is 0 Å². The molecule has 3 fully saturated rings. The summed E-state index contributed by atoms with van der Waals surface area (Å²) in [6.07, 6.45) is 4.73. The van der Waals surface area contributed by atoms with Crippen molar-refractivity contribution in [1.82, 2.24) is 14.7 Å². The molecule has 0 atom stereocenters. The van der Waals surface area contributed by atoms with Gasteiger partial charge in [0.15, 0.2) is 0 Å². The molecule has 0 N–H and O–H groups in total. The van der Waals surface area contributed by atoms with Gasteiger partial charge in [0.25, 0.3) is 0 Å². The first-order valence-electron chi connectivity index (χ1n) is 9.18. The Labute approximate surface area is 145 Å². The van der Waals surface area contributed by atoms with Crippen LogP contribution in [0.5, 0.6) is 0 Å². The van der Waals surface area contributed by atoms with Crippen molar-refractivity contribution in [3.63, 3.8) is 0 Å². The summed E-state index contributed by atoms with van der Waals surface area (Å²) in [6, 6.07) is 0. The highest BCUT2D eigenvalue weighted by Gasteiger charge is 2.58. The molecule has 0 unspecified atom stereocenters. The molecule has 0 radical (unpaired) electrons. The van der Waals surface area contributed by atoms with Crippen LogP contribution in [0.25, 0.3) is 0 Å². The highest BCUT2D eigenvalue weighted by molar-refractivity contribution is 5.86. The number of nitrogens with zero attached hydrogens (tertiary/aromatic N) is 3. The third kappa shape index (κ3) is 2.94. The maximum atomic E-state index is 13.1. The zero-order valence-corrected chi connectivity index (χ0v) is 15.3. The quantitative estimate of drug-likeness (QED) is 0.770. The van der Waals surface area contributed by atoms with Gasteiger partial charge < -0.3 is 19.4 Å². The molecule has 0 aromatic carbocycles. The van der Waals surface area contributed by atoms with Crippen LogP contribution in [0, 0.1) is 5.41 Å². The van der Waals surface area contributed by atoms with Gasteiger partial charge in [-0.1, -0.05) is 0 Å². The number of hydrogen-bond donors (Lipinski definition) is 0. The summed E-state index contributed by atoms with van der Waals surface area (Å²) in [5.74, 6) is 0.489. The molecule has 3 saturated heterocycles. The third-order valence-corrected chi connectivity index (χ3v) is 6.70. The molecular weight excluding hydrogens is 306 g/mol. The number of amides is 2. The van der Waals surface area contributed by atoms with Gasteiger partial charge in [-0.3, -0.25) is 9.59 Å². The van der Waals surface area contributed by atoms with Crippen LogP contribution in [0.2, 0.25) is 0 Å². The minimum absolute atomic E-state index is 0.0300. The minimum atomic E-state index is -0.170. The van der Waals surface area contributed by atoms with Crippen molar-refractivity contribution in [1.29, 1.82) is 0 Å². The lowest BCUT2D eigenvalue weighted by Crippen LogP contribution is -2.52. The molecule has 0 aromatic rings. The highest BCUT2D eigenvalue weighted by atomic mass is 16.5. The van der Waals surface area contributed by atoms with E-state index in [-0.39, 0.29) is 16.9 Å². The molecule has 0 bridgehead atoms. The van der Waals surface area contributed by atoms with Crippen molar-refractivity contribution in [3.8, 4) is 0 Å². The SMILES string of the molecule is COCCN1CCC2(CC1)CC1(CCN(C(C)=O)CC1)N(C)C2=O. The molecule has 2 amide bonds. The van der Waals surface area contributed by atoms with E-state index in [0.717, 1.165) is 71.4 Å². The average molecular weight is 337 g/mol. The first-order valence-corrected chi connectivity index (χ1v) is 9.18. The van der Waals surface area contributed by atoms with Crippen LogP contribution in [0.3, 0.4) is 0 Å². The molecule has 3 aliphatic rings. The van der Waals surface area contributed by atoms with E-state index in [9.17, 15) is 9.59 Å². The van der Waals surface area contributed by atoms with Crippen LogP contribution in [0.15, 0.2) is 0 Å². The smallest absolute Gasteiger partial charge is 0.229 e. The molecule has 2 spiro atoms. The Bertz CT molecular complexity index is 492. The predicted molar refractivity (Wildman–Crippen MR) is 91.6 cm³/mol. The van der Waals surface area contributed by atoms with Crippen LogP contribution < -0.4 is 0 Å². The van der Waals surface area contributed by atoms with E-state index in [2.05, 4.69) is 4.90 Å². The van der Waals surface area contributed by atoms with Crippen LogP contribution in [-0.4, -0.2) is 85.5 Å².